The highest BCUT2D eigenvalue weighted by molar-refractivity contribution is 6.30. The number of benzene rings is 1. The number of aliphatic hydroxyl groups is 1. The number of ether oxygens (including phenoxy) is 1. The van der Waals surface area contributed by atoms with Crippen LogP contribution in [0.1, 0.15) is 18.4 Å². The number of methoxy groups -OCH3 is 1. The highest BCUT2D eigenvalue weighted by Crippen LogP contribution is 2.24. The van der Waals surface area contributed by atoms with E-state index < -0.39 is 23.9 Å². The van der Waals surface area contributed by atoms with Crippen molar-refractivity contribution in [1.29, 1.82) is 0 Å². The predicted octanol–water partition coefficient (Wildman–Crippen LogP) is 1.98. The van der Waals surface area contributed by atoms with Gasteiger partial charge in [-0.05, 0) is 25.5 Å². The Balaban J connectivity index is 2.21. The molecule has 4 nitrogen and oxygen atoms in total. The van der Waals surface area contributed by atoms with Crippen molar-refractivity contribution in [2.45, 2.75) is 31.5 Å². The van der Waals surface area contributed by atoms with Crippen LogP contribution in [0.5, 0.6) is 0 Å². The van der Waals surface area contributed by atoms with Gasteiger partial charge < -0.3 is 9.84 Å². The fraction of sp³-hybridized carbons (Fsp3) is 0.500. The lowest BCUT2D eigenvalue weighted by Crippen LogP contribution is -2.52. The molecule has 1 aromatic carbocycles. The summed E-state index contributed by atoms with van der Waals surface area (Å²) in [6, 6.07) is 4.00. The van der Waals surface area contributed by atoms with Crippen LogP contribution in [-0.4, -0.2) is 41.8 Å². The number of rotatable bonds is 3. The topological polar surface area (TPSA) is 49.8 Å². The van der Waals surface area contributed by atoms with Crippen molar-refractivity contribution in [3.63, 3.8) is 0 Å². The minimum atomic E-state index is -0.793. The second-order valence-electron chi connectivity index (χ2n) is 4.86. The molecule has 2 atom stereocenters. The quantitative estimate of drug-likeness (QED) is 0.867. The molecule has 0 saturated carbocycles. The number of piperidine rings is 1. The fourth-order valence-corrected chi connectivity index (χ4v) is 2.73. The lowest BCUT2D eigenvalue weighted by molar-refractivity contribution is -0.154. The fourth-order valence-electron chi connectivity index (χ4n) is 2.54. The molecule has 6 heteroatoms. The second-order valence-corrected chi connectivity index (χ2v) is 5.27. The molecule has 20 heavy (non-hydrogen) atoms. The van der Waals surface area contributed by atoms with E-state index in [1.54, 1.807) is 17.0 Å². The van der Waals surface area contributed by atoms with E-state index in [1.165, 1.54) is 13.2 Å². The van der Waals surface area contributed by atoms with Gasteiger partial charge in [0.05, 0.1) is 18.2 Å². The Hall–Kier alpha value is -1.17. The van der Waals surface area contributed by atoms with Crippen molar-refractivity contribution in [3.8, 4) is 0 Å². The Morgan fingerprint density at radius 1 is 1.60 bits per heavy atom. The summed E-state index contributed by atoms with van der Waals surface area (Å²) in [5.74, 6) is -0.988. The summed E-state index contributed by atoms with van der Waals surface area (Å²) in [7, 11) is 1.28. The minimum Gasteiger partial charge on any atom is -0.468 e. The number of likely N-dealkylation sites (tertiary alicyclic amines) is 1. The largest absolute Gasteiger partial charge is 0.468 e. The number of hydrogen-bond acceptors (Lipinski definition) is 4. The Morgan fingerprint density at radius 2 is 2.35 bits per heavy atom. The van der Waals surface area contributed by atoms with Crippen LogP contribution in [0.4, 0.5) is 4.39 Å². The Kier molecular flexibility index (Phi) is 4.96. The maximum absolute atomic E-state index is 13.9. The molecule has 1 heterocycles. The monoisotopic (exact) mass is 301 g/mol. The van der Waals surface area contributed by atoms with Crippen molar-refractivity contribution < 1.29 is 19.0 Å². The van der Waals surface area contributed by atoms with Gasteiger partial charge >= 0.3 is 5.97 Å². The number of carbonyl (C=O) groups is 1. The van der Waals surface area contributed by atoms with E-state index >= 15 is 0 Å². The van der Waals surface area contributed by atoms with Crippen molar-refractivity contribution in [2.24, 2.45) is 0 Å². The van der Waals surface area contributed by atoms with Gasteiger partial charge in [-0.15, -0.1) is 0 Å². The Bertz CT molecular complexity index is 497. The summed E-state index contributed by atoms with van der Waals surface area (Å²) in [5, 5.41) is 10.0. The zero-order valence-corrected chi connectivity index (χ0v) is 11.9. The molecule has 0 unspecified atom stereocenters. The van der Waals surface area contributed by atoms with E-state index in [0.29, 0.717) is 18.5 Å². The summed E-state index contributed by atoms with van der Waals surface area (Å²) < 4.78 is 18.6. The zero-order chi connectivity index (χ0) is 14.7. The van der Waals surface area contributed by atoms with Crippen LogP contribution in [0.25, 0.3) is 0 Å². The van der Waals surface area contributed by atoms with Gasteiger partial charge in [-0.2, -0.15) is 0 Å². The maximum Gasteiger partial charge on any atom is 0.325 e. The molecule has 0 aliphatic carbocycles. The third-order valence-electron chi connectivity index (χ3n) is 3.55. The molecular weight excluding hydrogens is 285 g/mol. The molecule has 0 aromatic heterocycles. The molecule has 110 valence electrons. The normalized spacial score (nSPS) is 23.6. The highest BCUT2D eigenvalue weighted by Gasteiger charge is 2.36. The number of aliphatic hydroxyl groups excluding tert-OH is 1. The summed E-state index contributed by atoms with van der Waals surface area (Å²) in [6.45, 7) is 0.812. The number of hydrogen-bond donors (Lipinski definition) is 1. The first-order valence-corrected chi connectivity index (χ1v) is 6.85. The summed E-state index contributed by atoms with van der Waals surface area (Å²) in [5.41, 5.74) is 0.403. The second kappa shape index (κ2) is 6.52. The minimum absolute atomic E-state index is 0.0506. The molecule has 1 saturated heterocycles. The standard InChI is InChI=1S/C14H17ClFNO3/c1-20-14(19)13-11(18)6-3-7-17(13)8-9-4-2-5-10(15)12(9)16/h2,4-5,11,13,18H,3,6-8H2,1H3/t11-,13-/m1/s1. The summed E-state index contributed by atoms with van der Waals surface area (Å²) in [4.78, 5) is 13.5. The zero-order valence-electron chi connectivity index (χ0n) is 11.2. The molecule has 1 aliphatic rings. The van der Waals surface area contributed by atoms with E-state index in [0.717, 1.165) is 6.42 Å². The van der Waals surface area contributed by atoms with Gasteiger partial charge in [0.15, 0.2) is 0 Å². The number of carbonyl (C=O) groups excluding carboxylic acids is 1. The smallest absolute Gasteiger partial charge is 0.325 e. The molecule has 0 radical (unpaired) electrons. The Morgan fingerprint density at radius 3 is 3.05 bits per heavy atom. The van der Waals surface area contributed by atoms with Crippen molar-refractivity contribution in [1.82, 2.24) is 4.90 Å². The van der Waals surface area contributed by atoms with Gasteiger partial charge in [-0.3, -0.25) is 9.69 Å². The summed E-state index contributed by atoms with van der Waals surface area (Å²) in [6.07, 6.45) is 0.490. The van der Waals surface area contributed by atoms with Crippen LogP contribution in [0.3, 0.4) is 0 Å². The maximum atomic E-state index is 13.9. The van der Waals surface area contributed by atoms with Gasteiger partial charge in [-0.1, -0.05) is 23.7 Å². The number of nitrogens with zero attached hydrogens (tertiary/aromatic N) is 1. The van der Waals surface area contributed by atoms with E-state index in [2.05, 4.69) is 0 Å². The van der Waals surface area contributed by atoms with Gasteiger partial charge in [-0.25, -0.2) is 4.39 Å². The van der Waals surface area contributed by atoms with Crippen LogP contribution >= 0.6 is 11.6 Å². The third-order valence-corrected chi connectivity index (χ3v) is 3.84. The van der Waals surface area contributed by atoms with Crippen LogP contribution < -0.4 is 0 Å². The first-order chi connectivity index (χ1) is 9.54. The molecule has 0 bridgehead atoms. The lowest BCUT2D eigenvalue weighted by Gasteiger charge is -2.37. The molecule has 1 aliphatic heterocycles. The molecule has 0 amide bonds. The van der Waals surface area contributed by atoms with Gasteiger partial charge in [0.1, 0.15) is 11.9 Å². The lowest BCUT2D eigenvalue weighted by atomic mass is 9.98. The Labute approximate surface area is 122 Å². The number of esters is 1. The molecule has 0 spiro atoms. The van der Waals surface area contributed by atoms with Gasteiger partial charge in [0, 0.05) is 12.1 Å². The van der Waals surface area contributed by atoms with E-state index in [9.17, 15) is 14.3 Å². The average Bonchev–Trinajstić information content (AvgIpc) is 2.43. The third kappa shape index (κ3) is 3.11. The van der Waals surface area contributed by atoms with E-state index in [-0.39, 0.29) is 11.6 Å². The molecule has 1 fully saturated rings. The molecular formula is C14H17ClFNO3. The van der Waals surface area contributed by atoms with Crippen LogP contribution in [0.2, 0.25) is 5.02 Å². The SMILES string of the molecule is COC(=O)[C@H]1[C@H](O)CCCN1Cc1cccc(Cl)c1F. The molecule has 1 N–H and O–H groups in total. The van der Waals surface area contributed by atoms with Crippen LogP contribution in [0.15, 0.2) is 18.2 Å². The molecule has 1 aromatic rings. The van der Waals surface area contributed by atoms with Crippen molar-refractivity contribution in [2.75, 3.05) is 13.7 Å². The van der Waals surface area contributed by atoms with Gasteiger partial charge in [0.2, 0.25) is 0 Å². The highest BCUT2D eigenvalue weighted by atomic mass is 35.5. The first kappa shape index (κ1) is 15.2. The van der Waals surface area contributed by atoms with E-state index in [4.69, 9.17) is 16.3 Å². The van der Waals surface area contributed by atoms with Crippen LogP contribution in [0, 0.1) is 5.82 Å². The number of halogens is 2. The molecule has 2 rings (SSSR count). The van der Waals surface area contributed by atoms with Gasteiger partial charge in [0.25, 0.3) is 0 Å². The van der Waals surface area contributed by atoms with Crippen molar-refractivity contribution in [3.05, 3.63) is 34.6 Å². The predicted molar refractivity (Wildman–Crippen MR) is 72.9 cm³/mol. The van der Waals surface area contributed by atoms with Crippen molar-refractivity contribution >= 4 is 17.6 Å². The van der Waals surface area contributed by atoms with E-state index in [1.807, 2.05) is 0 Å². The van der Waals surface area contributed by atoms with Crippen LogP contribution in [-0.2, 0) is 16.1 Å². The first-order valence-electron chi connectivity index (χ1n) is 6.47. The average molecular weight is 302 g/mol. The summed E-state index contributed by atoms with van der Waals surface area (Å²) >= 11 is 5.75.